The molecule has 29 heavy (non-hydrogen) atoms. The third-order valence-electron chi connectivity index (χ3n) is 4.82. The average molecular weight is 385 g/mol. The van der Waals surface area contributed by atoms with Crippen molar-refractivity contribution in [2.45, 2.75) is 20.0 Å². The fraction of sp³-hybridized carbons (Fsp3) is 0.190. The van der Waals surface area contributed by atoms with Gasteiger partial charge in [0.2, 0.25) is 0 Å². The zero-order valence-electron chi connectivity index (χ0n) is 16.3. The lowest BCUT2D eigenvalue weighted by Gasteiger charge is -2.16. The highest BCUT2D eigenvalue weighted by molar-refractivity contribution is 5.93. The van der Waals surface area contributed by atoms with Crippen LogP contribution in [0.3, 0.4) is 0 Å². The highest BCUT2D eigenvalue weighted by Gasteiger charge is 2.17. The molecule has 0 spiro atoms. The smallest absolute Gasteiger partial charge is 0.140 e. The van der Waals surface area contributed by atoms with Gasteiger partial charge in [0.1, 0.15) is 28.8 Å². The van der Waals surface area contributed by atoms with E-state index in [-0.39, 0.29) is 6.10 Å². The number of nitrogens with one attached hydrogen (secondary N) is 1. The first-order valence-electron chi connectivity index (χ1n) is 9.30. The van der Waals surface area contributed by atoms with Crippen LogP contribution in [-0.2, 0) is 7.05 Å². The van der Waals surface area contributed by atoms with Crippen molar-refractivity contribution in [2.24, 2.45) is 7.05 Å². The third kappa shape index (κ3) is 3.08. The number of aryl methyl sites for hydroxylation is 2. The van der Waals surface area contributed by atoms with Crippen LogP contribution in [0.4, 0.5) is 0 Å². The van der Waals surface area contributed by atoms with Crippen LogP contribution in [0.5, 0.6) is 5.75 Å². The van der Waals surface area contributed by atoms with Gasteiger partial charge in [-0.25, -0.2) is 0 Å². The molecule has 0 saturated heterocycles. The molecule has 0 aliphatic carbocycles. The van der Waals surface area contributed by atoms with Crippen molar-refractivity contribution < 1.29 is 4.74 Å². The van der Waals surface area contributed by atoms with E-state index in [1.54, 1.807) is 23.3 Å². The van der Waals surface area contributed by atoms with Crippen LogP contribution in [0.1, 0.15) is 24.4 Å². The molecule has 0 radical (unpaired) electrons. The van der Waals surface area contributed by atoms with Gasteiger partial charge in [-0.1, -0.05) is 0 Å². The van der Waals surface area contributed by atoms with Gasteiger partial charge in [-0.05, 0) is 38.1 Å². The quantitative estimate of drug-likeness (QED) is 0.506. The van der Waals surface area contributed by atoms with Gasteiger partial charge in [-0.2, -0.15) is 10.2 Å². The molecule has 0 fully saturated rings. The fourth-order valence-electron chi connectivity index (χ4n) is 3.50. The predicted octanol–water partition coefficient (Wildman–Crippen LogP) is 3.75. The van der Waals surface area contributed by atoms with Crippen molar-refractivity contribution in [3.63, 3.8) is 0 Å². The van der Waals surface area contributed by atoms with E-state index in [0.29, 0.717) is 0 Å². The minimum atomic E-state index is -0.291. The Hall–Kier alpha value is -3.81. The third-order valence-corrected chi connectivity index (χ3v) is 4.82. The Morgan fingerprint density at radius 3 is 2.83 bits per heavy atom. The molecule has 0 unspecified atom stereocenters. The number of fused-ring (bicyclic) bond motifs is 2. The van der Waals surface area contributed by atoms with E-state index < -0.39 is 0 Å². The van der Waals surface area contributed by atoms with Gasteiger partial charge < -0.3 is 4.74 Å². The summed E-state index contributed by atoms with van der Waals surface area (Å²) in [5.41, 5.74) is 5.96. The number of benzene rings is 1. The molecule has 0 bridgehead atoms. The molecule has 1 N–H and O–H groups in total. The number of pyridine rings is 1. The van der Waals surface area contributed by atoms with E-state index in [2.05, 4.69) is 30.2 Å². The summed E-state index contributed by atoms with van der Waals surface area (Å²) in [6, 6.07) is 7.80. The average Bonchev–Trinajstić information content (AvgIpc) is 3.32. The normalized spacial score (nSPS) is 12.5. The van der Waals surface area contributed by atoms with Gasteiger partial charge in [0, 0.05) is 42.3 Å². The number of aromatic nitrogens is 7. The van der Waals surface area contributed by atoms with Crippen molar-refractivity contribution in [1.29, 1.82) is 0 Å². The monoisotopic (exact) mass is 385 g/mol. The summed E-state index contributed by atoms with van der Waals surface area (Å²) in [6.45, 7) is 3.92. The summed E-state index contributed by atoms with van der Waals surface area (Å²) in [4.78, 5) is 13.5. The molecule has 1 aromatic carbocycles. The van der Waals surface area contributed by atoms with Gasteiger partial charge in [0.05, 0.1) is 17.2 Å². The second-order valence-electron chi connectivity index (χ2n) is 7.02. The highest BCUT2D eigenvalue weighted by atomic mass is 16.5. The number of hydrogen-bond donors (Lipinski definition) is 1. The number of hydrogen-bond acceptors (Lipinski definition) is 6. The lowest BCUT2D eigenvalue weighted by molar-refractivity contribution is 0.223. The van der Waals surface area contributed by atoms with Crippen LogP contribution < -0.4 is 4.74 Å². The SMILES string of the molecule is Cc1cc2nccnc2c([C@@H](C)Oc2ccc3[nH]nc(-c4cnn(C)c4)c3c2)n1. The molecule has 0 aliphatic heterocycles. The van der Waals surface area contributed by atoms with E-state index in [0.717, 1.165) is 50.3 Å². The molecule has 8 nitrogen and oxygen atoms in total. The first-order chi connectivity index (χ1) is 14.1. The van der Waals surface area contributed by atoms with Gasteiger partial charge >= 0.3 is 0 Å². The summed E-state index contributed by atoms with van der Waals surface area (Å²) in [6.07, 6.45) is 6.80. The molecule has 4 aromatic heterocycles. The van der Waals surface area contributed by atoms with Crippen LogP contribution in [0.15, 0.2) is 49.1 Å². The number of H-pyrrole nitrogens is 1. The molecule has 0 amide bonds. The summed E-state index contributed by atoms with van der Waals surface area (Å²) < 4.78 is 8.00. The minimum Gasteiger partial charge on any atom is -0.484 e. The molecule has 8 heteroatoms. The van der Waals surface area contributed by atoms with Gasteiger partial charge in [0.25, 0.3) is 0 Å². The summed E-state index contributed by atoms with van der Waals surface area (Å²) in [7, 11) is 1.89. The first kappa shape index (κ1) is 17.3. The van der Waals surface area contributed by atoms with Crippen LogP contribution in [0, 0.1) is 6.92 Å². The van der Waals surface area contributed by atoms with Crippen molar-refractivity contribution in [1.82, 2.24) is 34.9 Å². The van der Waals surface area contributed by atoms with Crippen LogP contribution >= 0.6 is 0 Å². The summed E-state index contributed by atoms with van der Waals surface area (Å²) in [5.74, 6) is 0.733. The Balaban J connectivity index is 1.52. The standard InChI is InChI=1S/C21H19N7O/c1-12-8-18-21(23-7-6-22-18)19(25-12)13(2)29-15-4-5-17-16(9-15)20(27-26-17)14-10-24-28(3)11-14/h4-11,13H,1-3H3,(H,26,27)/t13-/m1/s1. The summed E-state index contributed by atoms with van der Waals surface area (Å²) in [5, 5.41) is 12.7. The molecule has 1 atom stereocenters. The Morgan fingerprint density at radius 2 is 2.00 bits per heavy atom. The minimum absolute atomic E-state index is 0.291. The Morgan fingerprint density at radius 1 is 1.14 bits per heavy atom. The second-order valence-corrected chi connectivity index (χ2v) is 7.02. The van der Waals surface area contributed by atoms with E-state index >= 15 is 0 Å². The molecular formula is C21H19N7O. The van der Waals surface area contributed by atoms with E-state index in [9.17, 15) is 0 Å². The number of nitrogens with zero attached hydrogens (tertiary/aromatic N) is 6. The zero-order chi connectivity index (χ0) is 20.0. The molecular weight excluding hydrogens is 366 g/mol. The molecule has 0 aliphatic rings. The van der Waals surface area contributed by atoms with Gasteiger partial charge in [-0.3, -0.25) is 24.7 Å². The molecule has 5 rings (SSSR count). The number of ether oxygens (including phenoxy) is 1. The largest absolute Gasteiger partial charge is 0.484 e. The maximum atomic E-state index is 6.24. The van der Waals surface area contributed by atoms with E-state index in [1.165, 1.54) is 0 Å². The Labute approximate surface area is 166 Å². The first-order valence-corrected chi connectivity index (χ1v) is 9.30. The topological polar surface area (TPSA) is 94.4 Å². The fourth-order valence-corrected chi connectivity index (χ4v) is 3.50. The van der Waals surface area contributed by atoms with Crippen LogP contribution in [-0.4, -0.2) is 34.9 Å². The lowest BCUT2D eigenvalue weighted by atomic mass is 10.1. The van der Waals surface area contributed by atoms with Crippen molar-refractivity contribution in [3.05, 3.63) is 60.4 Å². The van der Waals surface area contributed by atoms with Crippen LogP contribution in [0.25, 0.3) is 33.2 Å². The maximum absolute atomic E-state index is 6.24. The van der Waals surface area contributed by atoms with E-state index in [1.807, 2.05) is 51.4 Å². The molecule has 4 heterocycles. The Bertz CT molecular complexity index is 1340. The summed E-state index contributed by atoms with van der Waals surface area (Å²) >= 11 is 0. The van der Waals surface area contributed by atoms with Crippen molar-refractivity contribution >= 4 is 21.9 Å². The second kappa shape index (κ2) is 6.66. The molecule has 144 valence electrons. The van der Waals surface area contributed by atoms with Crippen molar-refractivity contribution in [2.75, 3.05) is 0 Å². The highest BCUT2D eigenvalue weighted by Crippen LogP contribution is 2.31. The number of aromatic amines is 1. The van der Waals surface area contributed by atoms with Gasteiger partial charge in [0.15, 0.2) is 0 Å². The molecule has 0 saturated carbocycles. The zero-order valence-corrected chi connectivity index (χ0v) is 16.3. The lowest BCUT2D eigenvalue weighted by Crippen LogP contribution is -2.08. The Kier molecular flexibility index (Phi) is 3.97. The van der Waals surface area contributed by atoms with E-state index in [4.69, 9.17) is 4.74 Å². The molecule has 5 aromatic rings. The van der Waals surface area contributed by atoms with Crippen molar-refractivity contribution in [3.8, 4) is 17.0 Å². The number of rotatable bonds is 4. The maximum Gasteiger partial charge on any atom is 0.140 e. The van der Waals surface area contributed by atoms with Gasteiger partial charge in [-0.15, -0.1) is 0 Å². The predicted molar refractivity (Wildman–Crippen MR) is 109 cm³/mol. The van der Waals surface area contributed by atoms with Crippen LogP contribution in [0.2, 0.25) is 0 Å².